The number of oxime groups is 1. The lowest BCUT2D eigenvalue weighted by Gasteiger charge is -2.23. The van der Waals surface area contributed by atoms with Crippen molar-refractivity contribution in [2.24, 2.45) is 5.16 Å². The number of aromatic nitrogens is 1. The Balaban J connectivity index is 2.63. The minimum Gasteiger partial charge on any atom is -0.392 e. The molecule has 0 atom stereocenters. The van der Waals surface area contributed by atoms with Crippen molar-refractivity contribution in [3.8, 4) is 0 Å². The minimum atomic E-state index is -0.788. The summed E-state index contributed by atoms with van der Waals surface area (Å²) in [4.78, 5) is 9.59. The van der Waals surface area contributed by atoms with Gasteiger partial charge in [0.1, 0.15) is 17.9 Å². The Bertz CT molecular complexity index is 412. The molecule has 4 nitrogen and oxygen atoms in total. The zero-order valence-electron chi connectivity index (χ0n) is 11.6. The van der Waals surface area contributed by atoms with Gasteiger partial charge in [0.2, 0.25) is 0 Å². The lowest BCUT2D eigenvalue weighted by atomic mass is 9.99. The molecule has 0 aliphatic rings. The molecule has 1 aromatic heterocycles. The highest BCUT2D eigenvalue weighted by Gasteiger charge is 2.23. The molecule has 0 fully saturated rings. The van der Waals surface area contributed by atoms with Crippen LogP contribution in [-0.4, -0.2) is 28.0 Å². The van der Waals surface area contributed by atoms with Gasteiger partial charge in [0, 0.05) is 5.69 Å². The van der Waals surface area contributed by atoms with Crippen molar-refractivity contribution in [2.45, 2.75) is 46.1 Å². The van der Waals surface area contributed by atoms with Gasteiger partial charge >= 0.3 is 0 Å². The van der Waals surface area contributed by atoms with E-state index in [1.807, 2.05) is 45.9 Å². The van der Waals surface area contributed by atoms with Gasteiger partial charge in [0.15, 0.2) is 0 Å². The van der Waals surface area contributed by atoms with E-state index in [0.29, 0.717) is 18.6 Å². The average molecular weight is 250 g/mol. The second-order valence-corrected chi connectivity index (χ2v) is 4.55. The van der Waals surface area contributed by atoms with Crippen molar-refractivity contribution in [1.82, 2.24) is 4.98 Å². The number of nitrogens with zero attached hydrogens (tertiary/aromatic N) is 2. The van der Waals surface area contributed by atoms with Gasteiger partial charge in [0.05, 0.1) is 5.69 Å². The Hall–Kier alpha value is -1.42. The van der Waals surface area contributed by atoms with Crippen molar-refractivity contribution in [3.63, 3.8) is 0 Å². The highest BCUT2D eigenvalue weighted by Crippen LogP contribution is 2.15. The van der Waals surface area contributed by atoms with Gasteiger partial charge in [0.25, 0.3) is 0 Å². The number of aryl methyl sites for hydroxylation is 1. The van der Waals surface area contributed by atoms with Crippen molar-refractivity contribution < 1.29 is 9.94 Å². The third-order valence-electron chi connectivity index (χ3n) is 3.11. The summed E-state index contributed by atoms with van der Waals surface area (Å²) in [7, 11) is 0. The SMILES string of the molecule is CCC(O)(CC)CO/N=C(/C)c1cccc(C)n1. The smallest absolute Gasteiger partial charge is 0.145 e. The van der Waals surface area contributed by atoms with Crippen LogP contribution in [-0.2, 0) is 4.84 Å². The molecule has 0 radical (unpaired) electrons. The molecule has 0 amide bonds. The monoisotopic (exact) mass is 250 g/mol. The average Bonchev–Trinajstić information content (AvgIpc) is 2.38. The van der Waals surface area contributed by atoms with Gasteiger partial charge in [-0.05, 0) is 38.8 Å². The van der Waals surface area contributed by atoms with Crippen molar-refractivity contribution in [2.75, 3.05) is 6.61 Å². The van der Waals surface area contributed by atoms with Crippen LogP contribution in [0.2, 0.25) is 0 Å². The van der Waals surface area contributed by atoms with E-state index >= 15 is 0 Å². The van der Waals surface area contributed by atoms with Gasteiger partial charge < -0.3 is 9.94 Å². The van der Waals surface area contributed by atoms with Crippen LogP contribution in [0.25, 0.3) is 0 Å². The quantitative estimate of drug-likeness (QED) is 0.624. The second kappa shape index (κ2) is 6.50. The molecule has 100 valence electrons. The first-order valence-electron chi connectivity index (χ1n) is 6.33. The number of rotatable bonds is 6. The predicted octanol–water partition coefficient (Wildman–Crippen LogP) is 2.68. The Morgan fingerprint density at radius 2 is 2.06 bits per heavy atom. The van der Waals surface area contributed by atoms with Crippen LogP contribution in [0.5, 0.6) is 0 Å². The summed E-state index contributed by atoms with van der Waals surface area (Å²) < 4.78 is 0. The van der Waals surface area contributed by atoms with E-state index in [2.05, 4.69) is 10.1 Å². The molecule has 0 spiro atoms. The Labute approximate surface area is 109 Å². The van der Waals surface area contributed by atoms with E-state index in [0.717, 1.165) is 11.4 Å². The maximum Gasteiger partial charge on any atom is 0.145 e. The number of aliphatic hydroxyl groups is 1. The first-order valence-corrected chi connectivity index (χ1v) is 6.33. The lowest BCUT2D eigenvalue weighted by Crippen LogP contribution is -2.32. The molecule has 1 N–H and O–H groups in total. The predicted molar refractivity (Wildman–Crippen MR) is 72.7 cm³/mol. The third kappa shape index (κ3) is 4.11. The summed E-state index contributed by atoms with van der Waals surface area (Å²) in [5, 5.41) is 14.1. The molecule has 4 heteroatoms. The summed E-state index contributed by atoms with van der Waals surface area (Å²) >= 11 is 0. The molecule has 0 aromatic carbocycles. The van der Waals surface area contributed by atoms with E-state index in [-0.39, 0.29) is 6.61 Å². The van der Waals surface area contributed by atoms with Gasteiger partial charge in [-0.3, -0.25) is 4.98 Å². The molecule has 1 rings (SSSR count). The fraction of sp³-hybridized carbons (Fsp3) is 0.571. The molecule has 0 bridgehead atoms. The van der Waals surface area contributed by atoms with E-state index in [1.165, 1.54) is 0 Å². The van der Waals surface area contributed by atoms with Crippen LogP contribution in [0.15, 0.2) is 23.4 Å². The van der Waals surface area contributed by atoms with E-state index in [9.17, 15) is 5.11 Å². The minimum absolute atomic E-state index is 0.211. The highest BCUT2D eigenvalue weighted by molar-refractivity contribution is 5.96. The first-order chi connectivity index (χ1) is 8.50. The molecule has 0 aliphatic heterocycles. The van der Waals surface area contributed by atoms with Crippen LogP contribution < -0.4 is 0 Å². The molecule has 0 saturated carbocycles. The van der Waals surface area contributed by atoms with Gasteiger partial charge in [-0.15, -0.1) is 0 Å². The van der Waals surface area contributed by atoms with Crippen LogP contribution in [0.4, 0.5) is 0 Å². The fourth-order valence-electron chi connectivity index (χ4n) is 1.49. The largest absolute Gasteiger partial charge is 0.392 e. The van der Waals surface area contributed by atoms with E-state index in [1.54, 1.807) is 0 Å². The molecular formula is C14H22N2O2. The van der Waals surface area contributed by atoms with Crippen molar-refractivity contribution in [1.29, 1.82) is 0 Å². The maximum atomic E-state index is 10.0. The van der Waals surface area contributed by atoms with Crippen LogP contribution in [0.3, 0.4) is 0 Å². The number of hydrogen-bond acceptors (Lipinski definition) is 4. The molecular weight excluding hydrogens is 228 g/mol. The zero-order valence-corrected chi connectivity index (χ0v) is 11.6. The molecule has 0 saturated heterocycles. The molecule has 18 heavy (non-hydrogen) atoms. The van der Waals surface area contributed by atoms with Gasteiger partial charge in [-0.2, -0.15) is 0 Å². The van der Waals surface area contributed by atoms with Crippen molar-refractivity contribution >= 4 is 5.71 Å². The Morgan fingerprint density at radius 3 is 2.61 bits per heavy atom. The summed E-state index contributed by atoms with van der Waals surface area (Å²) in [5.41, 5.74) is 1.67. The lowest BCUT2D eigenvalue weighted by molar-refractivity contribution is -0.0499. The Morgan fingerprint density at radius 1 is 1.39 bits per heavy atom. The second-order valence-electron chi connectivity index (χ2n) is 4.55. The standard InChI is InChI=1S/C14H22N2O2/c1-5-14(17,6-2)10-18-16-12(4)13-9-7-8-11(3)15-13/h7-9,17H,5-6,10H2,1-4H3/b16-12-. The zero-order chi connectivity index (χ0) is 13.6. The van der Waals surface area contributed by atoms with E-state index < -0.39 is 5.60 Å². The first kappa shape index (κ1) is 14.6. The maximum absolute atomic E-state index is 10.0. The molecule has 0 unspecified atom stereocenters. The summed E-state index contributed by atoms with van der Waals surface area (Å²) in [6, 6.07) is 5.76. The van der Waals surface area contributed by atoms with Crippen LogP contribution in [0.1, 0.15) is 45.0 Å². The molecule has 0 aliphatic carbocycles. The normalized spacial score (nSPS) is 12.6. The third-order valence-corrected chi connectivity index (χ3v) is 3.11. The topological polar surface area (TPSA) is 54.7 Å². The summed E-state index contributed by atoms with van der Waals surface area (Å²) in [6.07, 6.45) is 1.31. The van der Waals surface area contributed by atoms with E-state index in [4.69, 9.17) is 4.84 Å². The molecule has 1 aromatic rings. The van der Waals surface area contributed by atoms with Gasteiger partial charge in [-0.25, -0.2) is 0 Å². The molecule has 1 heterocycles. The summed E-state index contributed by atoms with van der Waals surface area (Å²) in [5.74, 6) is 0. The summed E-state index contributed by atoms with van der Waals surface area (Å²) in [6.45, 7) is 7.86. The fourth-order valence-corrected chi connectivity index (χ4v) is 1.49. The van der Waals surface area contributed by atoms with Crippen LogP contribution >= 0.6 is 0 Å². The van der Waals surface area contributed by atoms with Gasteiger partial charge in [-0.1, -0.05) is 25.1 Å². The van der Waals surface area contributed by atoms with Crippen molar-refractivity contribution in [3.05, 3.63) is 29.6 Å². The Kier molecular flexibility index (Phi) is 5.28. The highest BCUT2D eigenvalue weighted by atomic mass is 16.6. The van der Waals surface area contributed by atoms with Crippen LogP contribution in [0, 0.1) is 6.92 Å². The number of pyridine rings is 1. The number of hydrogen-bond donors (Lipinski definition) is 1.